The van der Waals surface area contributed by atoms with Crippen molar-refractivity contribution in [3.63, 3.8) is 0 Å². The molecule has 3 rings (SSSR count). The quantitative estimate of drug-likeness (QED) is 0.533. The largest absolute Gasteiger partial charge is 0.394 e. The number of aliphatic hydroxyl groups is 1. The Kier molecular flexibility index (Phi) is 0.796. The number of hydrogen-bond donors (Lipinski definition) is 2. The lowest BCUT2D eigenvalue weighted by Crippen LogP contribution is -2.35. The van der Waals surface area contributed by atoms with E-state index in [-0.39, 0.29) is 24.5 Å². The Balaban J connectivity index is 1.90. The van der Waals surface area contributed by atoms with Crippen LogP contribution in [0.15, 0.2) is 0 Å². The molecule has 3 fully saturated rings. The van der Waals surface area contributed by atoms with Gasteiger partial charge in [-0.3, -0.25) is 4.79 Å². The Bertz CT molecular complexity index is 234. The minimum Gasteiger partial charge on any atom is -0.394 e. The molecular weight excluding hydrogens is 142 g/mol. The second-order valence-corrected chi connectivity index (χ2v) is 4.03. The Labute approximate surface area is 64.8 Å². The van der Waals surface area contributed by atoms with Gasteiger partial charge in [0, 0.05) is 5.92 Å². The molecule has 1 spiro atoms. The van der Waals surface area contributed by atoms with Crippen molar-refractivity contribution in [1.82, 2.24) is 5.32 Å². The highest BCUT2D eigenvalue weighted by molar-refractivity contribution is 5.88. The second-order valence-electron chi connectivity index (χ2n) is 4.03. The Morgan fingerprint density at radius 2 is 2.36 bits per heavy atom. The maximum absolute atomic E-state index is 11.2. The van der Waals surface area contributed by atoms with Crippen molar-refractivity contribution in [3.05, 3.63) is 0 Å². The summed E-state index contributed by atoms with van der Waals surface area (Å²) in [6.45, 7) is 0.120. The van der Waals surface area contributed by atoms with Crippen molar-refractivity contribution in [2.24, 2.45) is 17.3 Å². The summed E-state index contributed by atoms with van der Waals surface area (Å²) in [5.74, 6) is 0.950. The molecule has 1 heterocycles. The summed E-state index contributed by atoms with van der Waals surface area (Å²) in [5.41, 5.74) is 0.385. The van der Waals surface area contributed by atoms with Gasteiger partial charge in [0.25, 0.3) is 0 Å². The summed E-state index contributed by atoms with van der Waals surface area (Å²) in [6.07, 6.45) is 2.43. The molecule has 1 saturated heterocycles. The van der Waals surface area contributed by atoms with Crippen LogP contribution in [0.1, 0.15) is 12.8 Å². The Morgan fingerprint density at radius 3 is 2.82 bits per heavy atom. The maximum Gasteiger partial charge on any atom is 0.224 e. The summed E-state index contributed by atoms with van der Waals surface area (Å²) < 4.78 is 0. The van der Waals surface area contributed by atoms with Crippen molar-refractivity contribution < 1.29 is 9.90 Å². The molecule has 2 unspecified atom stereocenters. The van der Waals surface area contributed by atoms with E-state index in [1.54, 1.807) is 0 Å². The molecule has 60 valence electrons. The summed E-state index contributed by atoms with van der Waals surface area (Å²) in [4.78, 5) is 11.2. The van der Waals surface area contributed by atoms with Crippen molar-refractivity contribution in [3.8, 4) is 0 Å². The zero-order chi connectivity index (χ0) is 7.64. The third-order valence-corrected chi connectivity index (χ3v) is 3.60. The summed E-state index contributed by atoms with van der Waals surface area (Å²) >= 11 is 0. The van der Waals surface area contributed by atoms with Gasteiger partial charge < -0.3 is 10.4 Å². The summed E-state index contributed by atoms with van der Waals surface area (Å²) in [7, 11) is 0. The first-order valence-corrected chi connectivity index (χ1v) is 4.21. The molecule has 0 aromatic rings. The molecule has 2 aliphatic carbocycles. The van der Waals surface area contributed by atoms with E-state index >= 15 is 0 Å². The van der Waals surface area contributed by atoms with Crippen LogP contribution in [-0.2, 0) is 4.79 Å². The molecule has 3 aliphatic rings. The molecule has 0 aromatic carbocycles. The Hall–Kier alpha value is -0.570. The van der Waals surface area contributed by atoms with E-state index in [9.17, 15) is 4.79 Å². The number of carbonyl (C=O) groups is 1. The highest BCUT2D eigenvalue weighted by Crippen LogP contribution is 2.77. The van der Waals surface area contributed by atoms with E-state index in [0.717, 1.165) is 0 Å². The number of piperidine rings is 1. The van der Waals surface area contributed by atoms with Gasteiger partial charge >= 0.3 is 0 Å². The number of fused-ring (bicyclic) bond motifs is 3. The second kappa shape index (κ2) is 1.46. The van der Waals surface area contributed by atoms with Gasteiger partial charge in [-0.1, -0.05) is 0 Å². The van der Waals surface area contributed by atoms with Crippen LogP contribution in [0, 0.1) is 17.3 Å². The number of aliphatic hydroxyl groups excluding tert-OH is 1. The van der Waals surface area contributed by atoms with Gasteiger partial charge in [-0.2, -0.15) is 0 Å². The van der Waals surface area contributed by atoms with Gasteiger partial charge in [0.05, 0.1) is 12.6 Å². The highest BCUT2D eigenvalue weighted by atomic mass is 16.3. The number of amides is 1. The molecular formula is C8H11NO2. The number of rotatable bonds is 1. The molecule has 2 saturated carbocycles. The fourth-order valence-corrected chi connectivity index (χ4v) is 2.89. The SMILES string of the molecule is O=C1N[C@H](CO)C2C1C21CC1. The predicted octanol–water partition coefficient (Wildman–Crippen LogP) is -0.497. The summed E-state index contributed by atoms with van der Waals surface area (Å²) in [5, 5.41) is 11.7. The predicted molar refractivity (Wildman–Crippen MR) is 37.7 cm³/mol. The zero-order valence-corrected chi connectivity index (χ0v) is 6.21. The van der Waals surface area contributed by atoms with Crippen LogP contribution in [0.25, 0.3) is 0 Å². The molecule has 0 radical (unpaired) electrons. The fourth-order valence-electron chi connectivity index (χ4n) is 2.89. The van der Waals surface area contributed by atoms with E-state index in [1.807, 2.05) is 0 Å². The highest BCUT2D eigenvalue weighted by Gasteiger charge is 2.79. The normalized spacial score (nSPS) is 48.8. The van der Waals surface area contributed by atoms with Crippen molar-refractivity contribution in [2.45, 2.75) is 18.9 Å². The lowest BCUT2D eigenvalue weighted by Gasteiger charge is -2.11. The van der Waals surface area contributed by atoms with E-state index in [2.05, 4.69) is 5.32 Å². The van der Waals surface area contributed by atoms with Gasteiger partial charge in [0.15, 0.2) is 0 Å². The van der Waals surface area contributed by atoms with Crippen LogP contribution in [0.3, 0.4) is 0 Å². The topological polar surface area (TPSA) is 49.3 Å². The molecule has 1 aliphatic heterocycles. The minimum atomic E-state index is 0.0787. The first-order chi connectivity index (χ1) is 5.29. The van der Waals surface area contributed by atoms with Crippen molar-refractivity contribution in [2.75, 3.05) is 6.61 Å². The molecule has 11 heavy (non-hydrogen) atoms. The maximum atomic E-state index is 11.2. The average Bonchev–Trinajstić information content (AvgIpc) is 2.86. The summed E-state index contributed by atoms with van der Waals surface area (Å²) in [6, 6.07) is 0.0787. The first-order valence-electron chi connectivity index (χ1n) is 4.21. The van der Waals surface area contributed by atoms with E-state index in [4.69, 9.17) is 5.11 Å². The van der Waals surface area contributed by atoms with Crippen LogP contribution in [-0.4, -0.2) is 23.7 Å². The number of nitrogens with one attached hydrogen (secondary N) is 1. The molecule has 0 bridgehead atoms. The number of hydrogen-bond acceptors (Lipinski definition) is 2. The van der Waals surface area contributed by atoms with E-state index < -0.39 is 0 Å². The third kappa shape index (κ3) is 0.495. The standard InChI is InChI=1S/C8H11NO2/c10-3-4-5-6(7(11)9-4)8(5)1-2-8/h4-6,10H,1-3H2,(H,9,11)/t4-,5?,6?/m1/s1. The van der Waals surface area contributed by atoms with Crippen LogP contribution in [0.5, 0.6) is 0 Å². The smallest absolute Gasteiger partial charge is 0.224 e. The molecule has 2 N–H and O–H groups in total. The van der Waals surface area contributed by atoms with Crippen LogP contribution in [0.2, 0.25) is 0 Å². The zero-order valence-electron chi connectivity index (χ0n) is 6.21. The van der Waals surface area contributed by atoms with Gasteiger partial charge in [-0.25, -0.2) is 0 Å². The van der Waals surface area contributed by atoms with Gasteiger partial charge in [0.2, 0.25) is 5.91 Å². The van der Waals surface area contributed by atoms with Crippen molar-refractivity contribution >= 4 is 5.91 Å². The lowest BCUT2D eigenvalue weighted by atomic mass is 10.1. The molecule has 3 heteroatoms. The van der Waals surface area contributed by atoms with Crippen LogP contribution >= 0.6 is 0 Å². The Morgan fingerprint density at radius 1 is 1.64 bits per heavy atom. The minimum absolute atomic E-state index is 0.0787. The van der Waals surface area contributed by atoms with Gasteiger partial charge in [-0.05, 0) is 24.2 Å². The van der Waals surface area contributed by atoms with Gasteiger partial charge in [-0.15, -0.1) is 0 Å². The van der Waals surface area contributed by atoms with Crippen LogP contribution in [0.4, 0.5) is 0 Å². The third-order valence-electron chi connectivity index (χ3n) is 3.60. The molecule has 3 atom stereocenters. The van der Waals surface area contributed by atoms with E-state index in [0.29, 0.717) is 11.3 Å². The number of carbonyl (C=O) groups excluding carboxylic acids is 1. The molecule has 0 aromatic heterocycles. The average molecular weight is 153 g/mol. The fraction of sp³-hybridized carbons (Fsp3) is 0.875. The van der Waals surface area contributed by atoms with Gasteiger partial charge in [0.1, 0.15) is 0 Å². The van der Waals surface area contributed by atoms with E-state index in [1.165, 1.54) is 12.8 Å². The first kappa shape index (κ1) is 6.00. The van der Waals surface area contributed by atoms with Crippen LogP contribution < -0.4 is 5.32 Å². The molecule has 1 amide bonds. The van der Waals surface area contributed by atoms with Crippen molar-refractivity contribution in [1.29, 1.82) is 0 Å². The molecule has 3 nitrogen and oxygen atoms in total. The monoisotopic (exact) mass is 153 g/mol. The lowest BCUT2D eigenvalue weighted by molar-refractivity contribution is -0.122.